The van der Waals surface area contributed by atoms with Crippen molar-refractivity contribution in [2.75, 3.05) is 5.73 Å². The van der Waals surface area contributed by atoms with E-state index in [4.69, 9.17) is 5.73 Å². The van der Waals surface area contributed by atoms with Crippen LogP contribution in [0.25, 0.3) is 16.9 Å². The molecule has 0 amide bonds. The van der Waals surface area contributed by atoms with Crippen LogP contribution in [0, 0.1) is 5.82 Å². The Hall–Kier alpha value is -2.50. The van der Waals surface area contributed by atoms with E-state index < -0.39 is 0 Å². The molecule has 17 heavy (non-hydrogen) atoms. The van der Waals surface area contributed by atoms with Crippen molar-refractivity contribution in [2.24, 2.45) is 0 Å². The fraction of sp³-hybridized carbons (Fsp3) is 0. The molecule has 0 aliphatic carbocycles. The summed E-state index contributed by atoms with van der Waals surface area (Å²) in [7, 11) is 0. The van der Waals surface area contributed by atoms with Crippen LogP contribution >= 0.6 is 0 Å². The van der Waals surface area contributed by atoms with Crippen molar-refractivity contribution in [3.8, 4) is 5.69 Å². The zero-order chi connectivity index (χ0) is 11.8. The molecule has 0 aliphatic rings. The fourth-order valence-corrected chi connectivity index (χ4v) is 1.64. The van der Waals surface area contributed by atoms with E-state index in [1.54, 1.807) is 23.0 Å². The van der Waals surface area contributed by atoms with Crippen molar-refractivity contribution >= 4 is 17.0 Å². The Kier molecular flexibility index (Phi) is 2.01. The molecule has 0 radical (unpaired) electrons. The first kappa shape index (κ1) is 9.71. The number of nitrogen functional groups attached to an aromatic ring is 1. The summed E-state index contributed by atoms with van der Waals surface area (Å²) in [6.07, 6.45) is 2.96. The number of anilines is 1. The minimum Gasteiger partial charge on any atom is -0.382 e. The van der Waals surface area contributed by atoms with E-state index in [2.05, 4.69) is 15.0 Å². The summed E-state index contributed by atoms with van der Waals surface area (Å²) in [5.74, 6) is 0.0446. The standard InChI is InChI=1S/C11H8FN5/c12-7-1-3-8(4-2-7)17-6-16-9-10(13)14-5-15-11(9)17/h1-6H,(H2,13,14,15). The third kappa shape index (κ3) is 1.50. The maximum atomic E-state index is 12.8. The molecule has 0 spiro atoms. The minimum atomic E-state index is -0.285. The van der Waals surface area contributed by atoms with Gasteiger partial charge < -0.3 is 5.73 Å². The summed E-state index contributed by atoms with van der Waals surface area (Å²) in [5, 5.41) is 0. The molecule has 6 heteroatoms. The van der Waals surface area contributed by atoms with Crippen LogP contribution in [-0.4, -0.2) is 19.5 Å². The molecule has 0 bridgehead atoms. The Balaban J connectivity index is 2.24. The molecule has 2 heterocycles. The van der Waals surface area contributed by atoms with Gasteiger partial charge in [-0.3, -0.25) is 4.57 Å². The fourth-order valence-electron chi connectivity index (χ4n) is 1.64. The Bertz CT molecular complexity index is 674. The second-order valence-electron chi connectivity index (χ2n) is 3.52. The van der Waals surface area contributed by atoms with E-state index in [0.717, 1.165) is 5.69 Å². The third-order valence-electron chi connectivity index (χ3n) is 2.47. The van der Waals surface area contributed by atoms with Crippen LogP contribution in [-0.2, 0) is 0 Å². The smallest absolute Gasteiger partial charge is 0.170 e. The second-order valence-corrected chi connectivity index (χ2v) is 3.52. The molecule has 0 fully saturated rings. The minimum absolute atomic E-state index is 0.285. The predicted molar refractivity (Wildman–Crippen MR) is 61.0 cm³/mol. The van der Waals surface area contributed by atoms with Gasteiger partial charge in [0.25, 0.3) is 0 Å². The monoisotopic (exact) mass is 229 g/mol. The van der Waals surface area contributed by atoms with Gasteiger partial charge in [-0.05, 0) is 24.3 Å². The van der Waals surface area contributed by atoms with E-state index in [9.17, 15) is 4.39 Å². The molecule has 0 atom stereocenters. The first-order valence-corrected chi connectivity index (χ1v) is 4.95. The quantitative estimate of drug-likeness (QED) is 0.687. The van der Waals surface area contributed by atoms with Crippen molar-refractivity contribution in [2.45, 2.75) is 0 Å². The predicted octanol–water partition coefficient (Wildman–Crippen LogP) is 1.54. The van der Waals surface area contributed by atoms with E-state index in [1.165, 1.54) is 18.5 Å². The van der Waals surface area contributed by atoms with E-state index in [0.29, 0.717) is 17.0 Å². The molecular formula is C11H8FN5. The Morgan fingerprint density at radius 1 is 1.06 bits per heavy atom. The van der Waals surface area contributed by atoms with Crippen molar-refractivity contribution < 1.29 is 4.39 Å². The van der Waals surface area contributed by atoms with Crippen LogP contribution in [0.4, 0.5) is 10.2 Å². The number of hydrogen-bond donors (Lipinski definition) is 1. The lowest BCUT2D eigenvalue weighted by Crippen LogP contribution is -1.96. The van der Waals surface area contributed by atoms with Gasteiger partial charge in [0.1, 0.15) is 18.5 Å². The molecule has 2 aromatic heterocycles. The largest absolute Gasteiger partial charge is 0.382 e. The van der Waals surface area contributed by atoms with E-state index >= 15 is 0 Å². The third-order valence-corrected chi connectivity index (χ3v) is 2.47. The zero-order valence-electron chi connectivity index (χ0n) is 8.71. The number of imidazole rings is 1. The number of fused-ring (bicyclic) bond motifs is 1. The maximum absolute atomic E-state index is 12.8. The molecule has 5 nitrogen and oxygen atoms in total. The number of nitrogens with two attached hydrogens (primary N) is 1. The van der Waals surface area contributed by atoms with Gasteiger partial charge >= 0.3 is 0 Å². The summed E-state index contributed by atoms with van der Waals surface area (Å²) in [4.78, 5) is 12.1. The van der Waals surface area contributed by atoms with Gasteiger partial charge in [0.15, 0.2) is 17.0 Å². The molecule has 84 valence electrons. The van der Waals surface area contributed by atoms with Crippen LogP contribution in [0.5, 0.6) is 0 Å². The Morgan fingerprint density at radius 3 is 2.59 bits per heavy atom. The van der Waals surface area contributed by atoms with Crippen molar-refractivity contribution in [1.29, 1.82) is 0 Å². The van der Waals surface area contributed by atoms with Gasteiger partial charge in [0, 0.05) is 5.69 Å². The molecule has 3 aromatic rings. The first-order chi connectivity index (χ1) is 8.25. The molecular weight excluding hydrogens is 221 g/mol. The van der Waals surface area contributed by atoms with Gasteiger partial charge in [-0.1, -0.05) is 0 Å². The number of aromatic nitrogens is 4. The summed E-state index contributed by atoms with van der Waals surface area (Å²) in [5.41, 5.74) is 7.59. The van der Waals surface area contributed by atoms with Crippen LogP contribution in [0.3, 0.4) is 0 Å². The van der Waals surface area contributed by atoms with Gasteiger partial charge in [-0.2, -0.15) is 0 Å². The number of rotatable bonds is 1. The number of nitrogens with zero attached hydrogens (tertiary/aromatic N) is 4. The lowest BCUT2D eigenvalue weighted by molar-refractivity contribution is 0.627. The van der Waals surface area contributed by atoms with Crippen molar-refractivity contribution in [3.63, 3.8) is 0 Å². The molecule has 3 rings (SSSR count). The summed E-state index contributed by atoms with van der Waals surface area (Å²) in [6.45, 7) is 0. The van der Waals surface area contributed by atoms with E-state index in [1.807, 2.05) is 0 Å². The second kappa shape index (κ2) is 3.51. The highest BCUT2D eigenvalue weighted by molar-refractivity contribution is 5.82. The number of hydrogen-bond acceptors (Lipinski definition) is 4. The van der Waals surface area contributed by atoms with Crippen molar-refractivity contribution in [1.82, 2.24) is 19.5 Å². The lowest BCUT2D eigenvalue weighted by atomic mass is 10.3. The highest BCUT2D eigenvalue weighted by Gasteiger charge is 2.08. The number of benzene rings is 1. The van der Waals surface area contributed by atoms with Crippen LogP contribution in [0.2, 0.25) is 0 Å². The molecule has 0 unspecified atom stereocenters. The summed E-state index contributed by atoms with van der Waals surface area (Å²) >= 11 is 0. The lowest BCUT2D eigenvalue weighted by Gasteiger charge is -2.02. The van der Waals surface area contributed by atoms with Crippen molar-refractivity contribution in [3.05, 3.63) is 42.7 Å². The number of halogens is 1. The molecule has 0 aliphatic heterocycles. The van der Waals surface area contributed by atoms with Gasteiger partial charge in [-0.15, -0.1) is 0 Å². The average Bonchev–Trinajstić information content (AvgIpc) is 2.75. The summed E-state index contributed by atoms with van der Waals surface area (Å²) < 4.78 is 14.6. The van der Waals surface area contributed by atoms with Crippen LogP contribution in [0.1, 0.15) is 0 Å². The van der Waals surface area contributed by atoms with Gasteiger partial charge in [0.2, 0.25) is 0 Å². The van der Waals surface area contributed by atoms with Gasteiger partial charge in [-0.25, -0.2) is 19.3 Å². The zero-order valence-corrected chi connectivity index (χ0v) is 8.71. The first-order valence-electron chi connectivity index (χ1n) is 4.95. The topological polar surface area (TPSA) is 69.6 Å². The maximum Gasteiger partial charge on any atom is 0.170 e. The average molecular weight is 229 g/mol. The molecule has 1 aromatic carbocycles. The van der Waals surface area contributed by atoms with Crippen LogP contribution < -0.4 is 5.73 Å². The highest BCUT2D eigenvalue weighted by atomic mass is 19.1. The molecule has 0 saturated carbocycles. The van der Waals surface area contributed by atoms with Gasteiger partial charge in [0.05, 0.1) is 0 Å². The van der Waals surface area contributed by atoms with Crippen LogP contribution in [0.15, 0.2) is 36.9 Å². The SMILES string of the molecule is Nc1ncnc2c1ncn2-c1ccc(F)cc1. The Morgan fingerprint density at radius 2 is 1.82 bits per heavy atom. The Labute approximate surface area is 95.8 Å². The normalized spacial score (nSPS) is 10.9. The summed E-state index contributed by atoms with van der Waals surface area (Å²) in [6, 6.07) is 6.06. The van der Waals surface area contributed by atoms with E-state index in [-0.39, 0.29) is 5.82 Å². The highest BCUT2D eigenvalue weighted by Crippen LogP contribution is 2.18. The molecule has 2 N–H and O–H groups in total. The molecule has 0 saturated heterocycles.